The molecule has 0 N–H and O–H groups in total. The fourth-order valence-electron chi connectivity index (χ4n) is 9.20. The van der Waals surface area contributed by atoms with Gasteiger partial charge in [0.05, 0.1) is 0 Å². The highest BCUT2D eigenvalue weighted by atomic mass is 16.3. The highest BCUT2D eigenvalue weighted by molar-refractivity contribution is 6.19. The summed E-state index contributed by atoms with van der Waals surface area (Å²) in [7, 11) is 0. The smallest absolute Gasteiger partial charge is 0.143 e. The van der Waals surface area contributed by atoms with Gasteiger partial charge in [0.15, 0.2) is 0 Å². The van der Waals surface area contributed by atoms with E-state index in [1.165, 1.54) is 49.9 Å². The van der Waals surface area contributed by atoms with Gasteiger partial charge < -0.3 is 9.32 Å². The normalized spacial score (nSPS) is 12.9. The molecule has 0 saturated carbocycles. The van der Waals surface area contributed by atoms with E-state index in [2.05, 4.69) is 219 Å². The van der Waals surface area contributed by atoms with Crippen LogP contribution in [0.1, 0.15) is 25.0 Å². The summed E-state index contributed by atoms with van der Waals surface area (Å²) in [4.78, 5) is 2.41. The van der Waals surface area contributed by atoms with Crippen LogP contribution in [0.25, 0.3) is 77.2 Å². The van der Waals surface area contributed by atoms with E-state index in [1.807, 2.05) is 0 Å². The van der Waals surface area contributed by atoms with Gasteiger partial charge in [-0.2, -0.15) is 0 Å². The van der Waals surface area contributed by atoms with Crippen molar-refractivity contribution in [3.8, 4) is 44.5 Å². The van der Waals surface area contributed by atoms with Gasteiger partial charge in [-0.3, -0.25) is 0 Å². The second-order valence-electron chi connectivity index (χ2n) is 15.7. The highest BCUT2D eigenvalue weighted by Gasteiger charge is 2.35. The summed E-state index contributed by atoms with van der Waals surface area (Å²) in [6.07, 6.45) is 0. The minimum atomic E-state index is -0.120. The number of nitrogens with zero attached hydrogens (tertiary/aromatic N) is 1. The fourth-order valence-corrected chi connectivity index (χ4v) is 9.20. The van der Waals surface area contributed by atoms with Gasteiger partial charge in [-0.15, -0.1) is 0 Å². The predicted octanol–water partition coefficient (Wildman–Crippen LogP) is 15.5. The average molecular weight is 730 g/mol. The summed E-state index contributed by atoms with van der Waals surface area (Å²) < 4.78 is 6.60. The molecule has 1 aliphatic rings. The minimum Gasteiger partial charge on any atom is -0.455 e. The summed E-state index contributed by atoms with van der Waals surface area (Å²) in [5.74, 6) is 0. The van der Waals surface area contributed by atoms with E-state index in [9.17, 15) is 0 Å². The lowest BCUT2D eigenvalue weighted by molar-refractivity contribution is 0.660. The van der Waals surface area contributed by atoms with Crippen molar-refractivity contribution in [1.82, 2.24) is 0 Å². The van der Waals surface area contributed by atoms with E-state index >= 15 is 0 Å². The fraction of sp³-hybridized carbons (Fsp3) is 0.0545. The van der Waals surface area contributed by atoms with Crippen LogP contribution >= 0.6 is 0 Å². The van der Waals surface area contributed by atoms with Gasteiger partial charge >= 0.3 is 0 Å². The van der Waals surface area contributed by atoms with Crippen LogP contribution in [-0.4, -0.2) is 0 Å². The molecule has 9 aromatic carbocycles. The Morgan fingerprint density at radius 2 is 1.02 bits per heavy atom. The molecule has 10 aromatic rings. The topological polar surface area (TPSA) is 16.4 Å². The van der Waals surface area contributed by atoms with Crippen molar-refractivity contribution in [2.24, 2.45) is 0 Å². The maximum Gasteiger partial charge on any atom is 0.143 e. The number of hydrogen-bond donors (Lipinski definition) is 0. The zero-order chi connectivity index (χ0) is 38.1. The molecule has 0 aliphatic heterocycles. The first-order chi connectivity index (χ1) is 28.0. The zero-order valence-corrected chi connectivity index (χ0v) is 31.9. The van der Waals surface area contributed by atoms with Gasteiger partial charge in [-0.25, -0.2) is 0 Å². The SMILES string of the molecule is CC1(C)c2ccccc2-c2ccc(N(c3ccc(-c4cccc(-c5ccccc5)c4)cc3)c3cccc(-c4cccc5oc6c7ccccc7ccc6c45)c3)cc21. The van der Waals surface area contributed by atoms with E-state index in [0.717, 1.165) is 55.5 Å². The van der Waals surface area contributed by atoms with Crippen molar-refractivity contribution in [1.29, 1.82) is 0 Å². The van der Waals surface area contributed by atoms with E-state index < -0.39 is 0 Å². The van der Waals surface area contributed by atoms with Gasteiger partial charge in [-0.05, 0) is 116 Å². The van der Waals surface area contributed by atoms with E-state index in [0.29, 0.717) is 0 Å². The lowest BCUT2D eigenvalue weighted by Gasteiger charge is -2.28. The minimum absolute atomic E-state index is 0.120. The average Bonchev–Trinajstić information content (AvgIpc) is 3.77. The third-order valence-electron chi connectivity index (χ3n) is 12.1. The molecule has 0 spiro atoms. The molecular weight excluding hydrogens is 691 g/mol. The first-order valence-corrected chi connectivity index (χ1v) is 19.8. The number of furan rings is 1. The lowest BCUT2D eigenvalue weighted by Crippen LogP contribution is -2.16. The molecule has 1 aromatic heterocycles. The van der Waals surface area contributed by atoms with Crippen molar-refractivity contribution in [3.05, 3.63) is 211 Å². The molecule has 0 unspecified atom stereocenters. The Morgan fingerprint density at radius 1 is 0.386 bits per heavy atom. The number of fused-ring (bicyclic) bond motifs is 8. The molecular formula is C55H39NO. The summed E-state index contributed by atoms with van der Waals surface area (Å²) in [5.41, 5.74) is 17.5. The highest BCUT2D eigenvalue weighted by Crippen LogP contribution is 2.51. The van der Waals surface area contributed by atoms with E-state index in [-0.39, 0.29) is 5.41 Å². The van der Waals surface area contributed by atoms with Gasteiger partial charge in [0, 0.05) is 38.6 Å². The Labute approximate surface area is 332 Å². The maximum absolute atomic E-state index is 6.60. The van der Waals surface area contributed by atoms with Crippen LogP contribution in [0.15, 0.2) is 205 Å². The Morgan fingerprint density at radius 3 is 1.88 bits per heavy atom. The van der Waals surface area contributed by atoms with Crippen LogP contribution in [-0.2, 0) is 5.41 Å². The van der Waals surface area contributed by atoms with Gasteiger partial charge in [-0.1, -0.05) is 159 Å². The van der Waals surface area contributed by atoms with E-state index in [4.69, 9.17) is 4.42 Å². The number of benzene rings is 9. The molecule has 0 atom stereocenters. The molecule has 2 nitrogen and oxygen atoms in total. The van der Waals surface area contributed by atoms with Crippen LogP contribution < -0.4 is 4.90 Å². The van der Waals surface area contributed by atoms with Gasteiger partial charge in [0.1, 0.15) is 11.2 Å². The molecule has 0 bridgehead atoms. The van der Waals surface area contributed by atoms with Crippen molar-refractivity contribution < 1.29 is 4.42 Å². The molecule has 1 heterocycles. The van der Waals surface area contributed by atoms with Crippen molar-refractivity contribution in [2.45, 2.75) is 19.3 Å². The summed E-state index contributed by atoms with van der Waals surface area (Å²) >= 11 is 0. The van der Waals surface area contributed by atoms with Crippen LogP contribution in [0.5, 0.6) is 0 Å². The second-order valence-corrected chi connectivity index (χ2v) is 15.7. The predicted molar refractivity (Wildman–Crippen MR) is 240 cm³/mol. The standard InChI is InChI=1S/C55H39NO/c1-55(2)50-23-9-8-21-47(50)48-32-30-44(35-51(48)55)56(42-28-25-37(26-29-42)40-17-10-16-39(33-40)36-13-4-3-5-14-36)43-19-11-18-41(34-43)45-22-12-24-52-53(45)49-31-27-38-15-6-7-20-46(38)54(49)57-52/h3-35H,1-2H3. The molecule has 0 radical (unpaired) electrons. The first kappa shape index (κ1) is 33.2. The summed E-state index contributed by atoms with van der Waals surface area (Å²) in [6, 6.07) is 72.6. The molecule has 270 valence electrons. The number of anilines is 3. The second kappa shape index (κ2) is 13.0. The van der Waals surface area contributed by atoms with Crippen molar-refractivity contribution >= 4 is 49.8 Å². The number of rotatable bonds is 6. The monoisotopic (exact) mass is 729 g/mol. The van der Waals surface area contributed by atoms with Crippen LogP contribution in [0.3, 0.4) is 0 Å². The van der Waals surface area contributed by atoms with Crippen LogP contribution in [0, 0.1) is 0 Å². The van der Waals surface area contributed by atoms with Gasteiger partial charge in [0.2, 0.25) is 0 Å². The Hall–Kier alpha value is -7.16. The lowest BCUT2D eigenvalue weighted by atomic mass is 9.82. The molecule has 57 heavy (non-hydrogen) atoms. The third-order valence-corrected chi connectivity index (χ3v) is 12.1. The quantitative estimate of drug-likeness (QED) is 0.169. The summed E-state index contributed by atoms with van der Waals surface area (Å²) in [6.45, 7) is 4.70. The van der Waals surface area contributed by atoms with Crippen LogP contribution in [0.2, 0.25) is 0 Å². The van der Waals surface area contributed by atoms with Crippen molar-refractivity contribution in [3.63, 3.8) is 0 Å². The Balaban J connectivity index is 1.06. The maximum atomic E-state index is 6.60. The summed E-state index contributed by atoms with van der Waals surface area (Å²) in [5, 5.41) is 4.59. The van der Waals surface area contributed by atoms with E-state index in [1.54, 1.807) is 0 Å². The third kappa shape index (κ3) is 5.40. The molecule has 11 rings (SSSR count). The van der Waals surface area contributed by atoms with Crippen molar-refractivity contribution in [2.75, 3.05) is 4.90 Å². The molecule has 0 amide bonds. The van der Waals surface area contributed by atoms with Crippen LogP contribution in [0.4, 0.5) is 17.1 Å². The Bertz CT molecular complexity index is 3150. The molecule has 0 fully saturated rings. The first-order valence-electron chi connectivity index (χ1n) is 19.8. The molecule has 1 aliphatic carbocycles. The zero-order valence-electron chi connectivity index (χ0n) is 31.9. The molecule has 2 heteroatoms. The largest absolute Gasteiger partial charge is 0.455 e. The molecule has 0 saturated heterocycles. The Kier molecular flexibility index (Phi) is 7.55. The van der Waals surface area contributed by atoms with Gasteiger partial charge in [0.25, 0.3) is 0 Å². The number of hydrogen-bond acceptors (Lipinski definition) is 2.